The van der Waals surface area contributed by atoms with Crippen molar-refractivity contribution in [3.05, 3.63) is 22.4 Å². The minimum absolute atomic E-state index is 0.00887. The number of rotatable bonds is 4. The highest BCUT2D eigenvalue weighted by Crippen LogP contribution is 2.10. The molecule has 0 saturated carbocycles. The van der Waals surface area contributed by atoms with Crippen molar-refractivity contribution in [3.8, 4) is 0 Å². The van der Waals surface area contributed by atoms with Gasteiger partial charge in [0.05, 0.1) is 6.61 Å². The molecule has 1 amide bonds. The van der Waals surface area contributed by atoms with Crippen molar-refractivity contribution < 1.29 is 9.53 Å². The van der Waals surface area contributed by atoms with E-state index in [-0.39, 0.29) is 11.9 Å². The molecule has 1 rings (SSSR count). The molecule has 0 aromatic carbocycles. The summed E-state index contributed by atoms with van der Waals surface area (Å²) in [6, 6.07) is 1.74. The third-order valence-corrected chi connectivity index (χ3v) is 2.14. The van der Waals surface area contributed by atoms with E-state index in [9.17, 15) is 4.79 Å². The van der Waals surface area contributed by atoms with Gasteiger partial charge in [-0.2, -0.15) is 0 Å². The summed E-state index contributed by atoms with van der Waals surface area (Å²) in [5.41, 5.74) is 0.542. The number of nitrogens with one attached hydrogen (secondary N) is 2. The molecule has 14 heavy (non-hydrogen) atoms. The van der Waals surface area contributed by atoms with Gasteiger partial charge < -0.3 is 15.0 Å². The Hall–Kier alpha value is -0.810. The molecule has 5 heteroatoms. The Morgan fingerprint density at radius 1 is 1.79 bits per heavy atom. The number of amides is 1. The minimum atomic E-state index is -0.125. The van der Waals surface area contributed by atoms with Crippen LogP contribution >= 0.6 is 15.9 Å². The van der Waals surface area contributed by atoms with Crippen LogP contribution in [-0.2, 0) is 4.74 Å². The van der Waals surface area contributed by atoms with Gasteiger partial charge in [0.25, 0.3) is 5.91 Å². The van der Waals surface area contributed by atoms with Crippen LogP contribution in [0.25, 0.3) is 0 Å². The molecule has 2 N–H and O–H groups in total. The lowest BCUT2D eigenvalue weighted by atomic mass is 10.3. The lowest BCUT2D eigenvalue weighted by molar-refractivity contribution is 0.0901. The van der Waals surface area contributed by atoms with E-state index in [2.05, 4.69) is 26.2 Å². The number of aromatic amines is 1. The summed E-state index contributed by atoms with van der Waals surface area (Å²) in [5, 5.41) is 2.79. The topological polar surface area (TPSA) is 54.1 Å². The number of hydrogen-bond acceptors (Lipinski definition) is 2. The zero-order valence-corrected chi connectivity index (χ0v) is 9.72. The van der Waals surface area contributed by atoms with Gasteiger partial charge in [-0.25, -0.2) is 0 Å². The van der Waals surface area contributed by atoms with E-state index in [1.165, 1.54) is 0 Å². The van der Waals surface area contributed by atoms with Crippen LogP contribution in [-0.4, -0.2) is 30.6 Å². The maximum absolute atomic E-state index is 11.5. The van der Waals surface area contributed by atoms with E-state index in [4.69, 9.17) is 4.74 Å². The van der Waals surface area contributed by atoms with Crippen molar-refractivity contribution in [1.82, 2.24) is 10.3 Å². The predicted molar refractivity (Wildman–Crippen MR) is 57.3 cm³/mol. The molecular weight excluding hydrogens is 248 g/mol. The van der Waals surface area contributed by atoms with E-state index in [1.807, 2.05) is 6.92 Å². The zero-order valence-electron chi connectivity index (χ0n) is 8.13. The van der Waals surface area contributed by atoms with Crippen molar-refractivity contribution in [3.63, 3.8) is 0 Å². The maximum atomic E-state index is 11.5. The van der Waals surface area contributed by atoms with Crippen LogP contribution in [0.4, 0.5) is 0 Å². The molecule has 0 saturated heterocycles. The van der Waals surface area contributed by atoms with E-state index >= 15 is 0 Å². The first-order chi connectivity index (χ1) is 6.63. The lowest BCUT2D eigenvalue weighted by Gasteiger charge is -2.11. The van der Waals surface area contributed by atoms with Gasteiger partial charge in [-0.1, -0.05) is 0 Å². The summed E-state index contributed by atoms with van der Waals surface area (Å²) >= 11 is 3.26. The van der Waals surface area contributed by atoms with Gasteiger partial charge in [0.15, 0.2) is 0 Å². The minimum Gasteiger partial charge on any atom is -0.383 e. The van der Waals surface area contributed by atoms with Crippen molar-refractivity contribution >= 4 is 21.8 Å². The zero-order chi connectivity index (χ0) is 10.6. The molecule has 0 bridgehead atoms. The fourth-order valence-corrected chi connectivity index (χ4v) is 1.44. The molecule has 0 unspecified atom stereocenters. The van der Waals surface area contributed by atoms with Crippen molar-refractivity contribution in [2.45, 2.75) is 13.0 Å². The number of aromatic nitrogens is 1. The van der Waals surface area contributed by atoms with Gasteiger partial charge in [0.2, 0.25) is 0 Å². The van der Waals surface area contributed by atoms with Gasteiger partial charge in [0.1, 0.15) is 5.69 Å². The number of ether oxygens (including phenoxy) is 1. The maximum Gasteiger partial charge on any atom is 0.268 e. The normalized spacial score (nSPS) is 12.5. The Morgan fingerprint density at radius 3 is 3.00 bits per heavy atom. The SMILES string of the molecule is COC[C@@H](C)NC(=O)c1cc(Br)c[nH]1. The molecule has 0 fully saturated rings. The van der Waals surface area contributed by atoms with Crippen molar-refractivity contribution in [2.75, 3.05) is 13.7 Å². The first-order valence-electron chi connectivity index (χ1n) is 4.27. The van der Waals surface area contributed by atoms with Crippen LogP contribution in [0.15, 0.2) is 16.7 Å². The standard InChI is InChI=1S/C9H13BrN2O2/c1-6(5-14-2)12-9(13)8-3-7(10)4-11-8/h3-4,6,11H,5H2,1-2H3,(H,12,13)/t6-/m1/s1. The van der Waals surface area contributed by atoms with Crippen LogP contribution in [0, 0.1) is 0 Å². The number of hydrogen-bond donors (Lipinski definition) is 2. The molecule has 0 aliphatic rings. The number of halogens is 1. The molecule has 0 aliphatic heterocycles. The molecule has 78 valence electrons. The Kier molecular flexibility index (Phi) is 4.16. The summed E-state index contributed by atoms with van der Waals surface area (Å²) in [7, 11) is 1.61. The third kappa shape index (κ3) is 3.16. The summed E-state index contributed by atoms with van der Waals surface area (Å²) in [5.74, 6) is -0.125. The Balaban J connectivity index is 2.50. The second kappa shape index (κ2) is 5.17. The van der Waals surface area contributed by atoms with E-state index in [1.54, 1.807) is 19.4 Å². The Morgan fingerprint density at radius 2 is 2.50 bits per heavy atom. The fraction of sp³-hybridized carbons (Fsp3) is 0.444. The molecule has 1 aromatic rings. The molecular formula is C9H13BrN2O2. The summed E-state index contributed by atoms with van der Waals surface area (Å²) < 4.78 is 5.77. The number of carbonyl (C=O) groups excluding carboxylic acids is 1. The first-order valence-corrected chi connectivity index (χ1v) is 5.06. The van der Waals surface area contributed by atoms with Crippen LogP contribution < -0.4 is 5.32 Å². The molecule has 0 radical (unpaired) electrons. The molecule has 1 heterocycles. The van der Waals surface area contributed by atoms with E-state index in [0.717, 1.165) is 4.47 Å². The monoisotopic (exact) mass is 260 g/mol. The Labute approximate surface area is 91.2 Å². The third-order valence-electron chi connectivity index (χ3n) is 1.69. The highest BCUT2D eigenvalue weighted by molar-refractivity contribution is 9.10. The average Bonchev–Trinajstić information content (AvgIpc) is 2.52. The van der Waals surface area contributed by atoms with E-state index < -0.39 is 0 Å². The largest absolute Gasteiger partial charge is 0.383 e. The van der Waals surface area contributed by atoms with Crippen LogP contribution in [0.1, 0.15) is 17.4 Å². The quantitative estimate of drug-likeness (QED) is 0.863. The smallest absolute Gasteiger partial charge is 0.268 e. The number of H-pyrrole nitrogens is 1. The molecule has 1 atom stereocenters. The van der Waals surface area contributed by atoms with E-state index in [0.29, 0.717) is 12.3 Å². The van der Waals surface area contributed by atoms with Crippen molar-refractivity contribution in [2.24, 2.45) is 0 Å². The van der Waals surface area contributed by atoms with Gasteiger partial charge in [-0.3, -0.25) is 4.79 Å². The average molecular weight is 261 g/mol. The van der Waals surface area contributed by atoms with Gasteiger partial charge >= 0.3 is 0 Å². The highest BCUT2D eigenvalue weighted by atomic mass is 79.9. The molecule has 4 nitrogen and oxygen atoms in total. The van der Waals surface area contributed by atoms with Crippen LogP contribution in [0.5, 0.6) is 0 Å². The summed E-state index contributed by atoms with van der Waals surface area (Å²) in [6.07, 6.45) is 1.72. The fourth-order valence-electron chi connectivity index (χ4n) is 1.09. The number of methoxy groups -OCH3 is 1. The highest BCUT2D eigenvalue weighted by Gasteiger charge is 2.10. The van der Waals surface area contributed by atoms with Gasteiger partial charge in [0, 0.05) is 23.8 Å². The molecule has 1 aromatic heterocycles. The van der Waals surface area contributed by atoms with Crippen LogP contribution in [0.2, 0.25) is 0 Å². The lowest BCUT2D eigenvalue weighted by Crippen LogP contribution is -2.35. The summed E-state index contributed by atoms with van der Waals surface area (Å²) in [6.45, 7) is 2.40. The van der Waals surface area contributed by atoms with Gasteiger partial charge in [-0.05, 0) is 28.9 Å². The summed E-state index contributed by atoms with van der Waals surface area (Å²) in [4.78, 5) is 14.4. The van der Waals surface area contributed by atoms with Crippen LogP contribution in [0.3, 0.4) is 0 Å². The van der Waals surface area contributed by atoms with Crippen molar-refractivity contribution in [1.29, 1.82) is 0 Å². The molecule has 0 spiro atoms. The van der Waals surface area contributed by atoms with Gasteiger partial charge in [-0.15, -0.1) is 0 Å². The second-order valence-corrected chi connectivity index (χ2v) is 3.98. The molecule has 0 aliphatic carbocycles. The first kappa shape index (κ1) is 11.3. The second-order valence-electron chi connectivity index (χ2n) is 3.06. The Bertz CT molecular complexity index is 312. The predicted octanol–water partition coefficient (Wildman–Crippen LogP) is 1.54. The number of carbonyl (C=O) groups is 1.